The topological polar surface area (TPSA) is 41.1 Å². The van der Waals surface area contributed by atoms with Crippen LogP contribution in [0.15, 0.2) is 12.1 Å². The summed E-state index contributed by atoms with van der Waals surface area (Å²) in [6.07, 6.45) is 6.08. The van der Waals surface area contributed by atoms with E-state index in [9.17, 15) is 4.79 Å². The highest BCUT2D eigenvalue weighted by Crippen LogP contribution is 2.27. The number of rotatable bonds is 4. The smallest absolute Gasteiger partial charge is 0.220 e. The van der Waals surface area contributed by atoms with Gasteiger partial charge in [0.1, 0.15) is 0 Å². The molecule has 3 heterocycles. The van der Waals surface area contributed by atoms with Crippen molar-refractivity contribution in [3.63, 3.8) is 0 Å². The van der Waals surface area contributed by atoms with Gasteiger partial charge in [-0.25, -0.2) is 0 Å². The Kier molecular flexibility index (Phi) is 4.10. The summed E-state index contributed by atoms with van der Waals surface area (Å²) in [5, 5.41) is 6.78. The predicted molar refractivity (Wildman–Crippen MR) is 78.8 cm³/mol. The second kappa shape index (κ2) is 5.81. The van der Waals surface area contributed by atoms with Crippen LogP contribution >= 0.6 is 22.9 Å². The number of carbonyl (C=O) groups excluding carboxylic acids is 1. The third-order valence-electron chi connectivity index (χ3n) is 4.07. The Hall–Kier alpha value is -0.580. The first kappa shape index (κ1) is 13.4. The van der Waals surface area contributed by atoms with Crippen molar-refractivity contribution in [2.75, 3.05) is 0 Å². The zero-order valence-corrected chi connectivity index (χ0v) is 12.4. The fourth-order valence-corrected chi connectivity index (χ4v) is 4.28. The van der Waals surface area contributed by atoms with Gasteiger partial charge < -0.3 is 10.6 Å². The molecule has 104 valence electrons. The normalized spacial score (nSPS) is 29.4. The predicted octanol–water partition coefficient (Wildman–Crippen LogP) is 2.73. The minimum Gasteiger partial charge on any atom is -0.353 e. The summed E-state index contributed by atoms with van der Waals surface area (Å²) >= 11 is 7.44. The molecule has 2 aliphatic rings. The monoisotopic (exact) mass is 298 g/mol. The van der Waals surface area contributed by atoms with E-state index in [2.05, 4.69) is 10.6 Å². The molecule has 5 heteroatoms. The van der Waals surface area contributed by atoms with Gasteiger partial charge in [-0.3, -0.25) is 4.79 Å². The van der Waals surface area contributed by atoms with E-state index in [4.69, 9.17) is 11.6 Å². The van der Waals surface area contributed by atoms with Crippen molar-refractivity contribution < 1.29 is 4.79 Å². The van der Waals surface area contributed by atoms with Crippen LogP contribution in [0.4, 0.5) is 0 Å². The average molecular weight is 299 g/mol. The molecule has 19 heavy (non-hydrogen) atoms. The van der Waals surface area contributed by atoms with Crippen molar-refractivity contribution in [2.45, 2.75) is 56.7 Å². The summed E-state index contributed by atoms with van der Waals surface area (Å²) in [5.74, 6) is 0.177. The number of nitrogens with one attached hydrogen (secondary N) is 2. The van der Waals surface area contributed by atoms with Crippen molar-refractivity contribution in [3.05, 3.63) is 21.3 Å². The maximum absolute atomic E-state index is 12.0. The summed E-state index contributed by atoms with van der Waals surface area (Å²) in [4.78, 5) is 13.2. The van der Waals surface area contributed by atoms with Crippen molar-refractivity contribution >= 4 is 28.8 Å². The number of amides is 1. The maximum Gasteiger partial charge on any atom is 0.220 e. The molecule has 2 fully saturated rings. The largest absolute Gasteiger partial charge is 0.353 e. The van der Waals surface area contributed by atoms with E-state index in [-0.39, 0.29) is 5.91 Å². The molecule has 2 bridgehead atoms. The fraction of sp³-hybridized carbons (Fsp3) is 0.643. The lowest BCUT2D eigenvalue weighted by atomic mass is 9.99. The van der Waals surface area contributed by atoms with E-state index in [1.54, 1.807) is 11.3 Å². The van der Waals surface area contributed by atoms with Gasteiger partial charge in [-0.15, -0.1) is 11.3 Å². The molecule has 1 aromatic rings. The third kappa shape index (κ3) is 3.50. The summed E-state index contributed by atoms with van der Waals surface area (Å²) in [6.45, 7) is 0. The first-order valence-electron chi connectivity index (χ1n) is 6.98. The van der Waals surface area contributed by atoms with Crippen LogP contribution in [0.1, 0.15) is 37.0 Å². The lowest BCUT2D eigenvalue weighted by Gasteiger charge is -2.29. The lowest BCUT2D eigenvalue weighted by molar-refractivity contribution is -0.122. The Labute approximate surface area is 122 Å². The molecular formula is C14H19ClN2OS. The SMILES string of the molecule is O=C(CCc1ccc(Cl)s1)NC1CC2CCC(C1)N2. The van der Waals surface area contributed by atoms with Crippen LogP contribution in [-0.4, -0.2) is 24.0 Å². The molecule has 2 aliphatic heterocycles. The number of piperidine rings is 1. The Balaban J connectivity index is 1.44. The number of hydrogen-bond acceptors (Lipinski definition) is 3. The van der Waals surface area contributed by atoms with Crippen molar-refractivity contribution in [1.29, 1.82) is 0 Å². The van der Waals surface area contributed by atoms with Crippen molar-refractivity contribution in [3.8, 4) is 0 Å². The molecule has 0 spiro atoms. The van der Waals surface area contributed by atoms with Gasteiger partial charge in [-0.1, -0.05) is 11.6 Å². The Morgan fingerprint density at radius 3 is 2.74 bits per heavy atom. The Bertz CT molecular complexity index is 450. The van der Waals surface area contributed by atoms with E-state index in [1.807, 2.05) is 12.1 Å². The van der Waals surface area contributed by atoms with E-state index in [0.29, 0.717) is 24.5 Å². The van der Waals surface area contributed by atoms with Gasteiger partial charge in [0, 0.05) is 29.4 Å². The van der Waals surface area contributed by atoms with Gasteiger partial charge in [-0.05, 0) is 44.2 Å². The highest BCUT2D eigenvalue weighted by Gasteiger charge is 2.33. The number of fused-ring (bicyclic) bond motifs is 2. The van der Waals surface area contributed by atoms with Gasteiger partial charge in [0.15, 0.2) is 0 Å². The molecule has 2 saturated heterocycles. The molecule has 0 aliphatic carbocycles. The van der Waals surface area contributed by atoms with Crippen LogP contribution in [0, 0.1) is 0 Å². The average Bonchev–Trinajstić information content (AvgIpc) is 2.93. The Morgan fingerprint density at radius 2 is 2.11 bits per heavy atom. The second-order valence-corrected chi connectivity index (χ2v) is 7.38. The van der Waals surface area contributed by atoms with Gasteiger partial charge in [0.05, 0.1) is 4.34 Å². The third-order valence-corrected chi connectivity index (χ3v) is 5.36. The summed E-state index contributed by atoms with van der Waals surface area (Å²) in [7, 11) is 0. The molecule has 0 saturated carbocycles. The van der Waals surface area contributed by atoms with Gasteiger partial charge in [0.2, 0.25) is 5.91 Å². The quantitative estimate of drug-likeness (QED) is 0.897. The molecule has 0 radical (unpaired) electrons. The lowest BCUT2D eigenvalue weighted by Crippen LogP contribution is -2.48. The van der Waals surface area contributed by atoms with Crippen LogP contribution < -0.4 is 10.6 Å². The minimum absolute atomic E-state index is 0.177. The molecule has 3 rings (SSSR count). The molecule has 2 N–H and O–H groups in total. The summed E-state index contributed by atoms with van der Waals surface area (Å²) in [5.41, 5.74) is 0. The van der Waals surface area contributed by atoms with E-state index in [1.165, 1.54) is 17.7 Å². The van der Waals surface area contributed by atoms with Crippen LogP contribution in [0.5, 0.6) is 0 Å². The number of carbonyl (C=O) groups is 1. The molecule has 1 amide bonds. The number of halogens is 1. The number of thiophene rings is 1. The highest BCUT2D eigenvalue weighted by atomic mass is 35.5. The molecule has 2 unspecified atom stereocenters. The Morgan fingerprint density at radius 1 is 1.37 bits per heavy atom. The van der Waals surface area contributed by atoms with Crippen LogP contribution in [0.3, 0.4) is 0 Å². The second-order valence-electron chi connectivity index (χ2n) is 5.58. The zero-order valence-electron chi connectivity index (χ0n) is 10.8. The van der Waals surface area contributed by atoms with Crippen molar-refractivity contribution in [2.24, 2.45) is 0 Å². The van der Waals surface area contributed by atoms with Crippen LogP contribution in [-0.2, 0) is 11.2 Å². The van der Waals surface area contributed by atoms with E-state index < -0.39 is 0 Å². The van der Waals surface area contributed by atoms with Crippen LogP contribution in [0.25, 0.3) is 0 Å². The molecule has 3 nitrogen and oxygen atoms in total. The molecule has 2 atom stereocenters. The van der Waals surface area contributed by atoms with Crippen molar-refractivity contribution in [1.82, 2.24) is 10.6 Å². The summed E-state index contributed by atoms with van der Waals surface area (Å²) < 4.78 is 0.797. The number of hydrogen-bond donors (Lipinski definition) is 2. The minimum atomic E-state index is 0.177. The zero-order chi connectivity index (χ0) is 13.2. The molecule has 0 aromatic carbocycles. The first-order valence-corrected chi connectivity index (χ1v) is 8.18. The number of aryl methyl sites for hydroxylation is 1. The van der Waals surface area contributed by atoms with Crippen LogP contribution in [0.2, 0.25) is 4.34 Å². The standard InChI is InChI=1S/C14H19ClN2OS/c15-13-5-3-12(19-13)4-6-14(18)17-11-7-9-1-2-10(8-11)16-9/h3,5,9-11,16H,1-2,4,6-8H2,(H,17,18). The molecule has 1 aromatic heterocycles. The molecular weight excluding hydrogens is 280 g/mol. The van der Waals surface area contributed by atoms with Gasteiger partial charge >= 0.3 is 0 Å². The van der Waals surface area contributed by atoms with Gasteiger partial charge in [0.25, 0.3) is 0 Å². The highest BCUT2D eigenvalue weighted by molar-refractivity contribution is 7.16. The fourth-order valence-electron chi connectivity index (χ4n) is 3.20. The maximum atomic E-state index is 12.0. The van der Waals surface area contributed by atoms with E-state index >= 15 is 0 Å². The summed E-state index contributed by atoms with van der Waals surface area (Å²) in [6, 6.07) is 5.52. The van der Waals surface area contributed by atoms with E-state index in [0.717, 1.165) is 23.6 Å². The first-order chi connectivity index (χ1) is 9.19. The van der Waals surface area contributed by atoms with Gasteiger partial charge in [-0.2, -0.15) is 0 Å².